The maximum Gasteiger partial charge on any atom is 0.418 e. The molecule has 4 amide bonds. The Labute approximate surface area is 300 Å². The van der Waals surface area contributed by atoms with E-state index in [1.807, 2.05) is 16.3 Å². The van der Waals surface area contributed by atoms with Gasteiger partial charge >= 0.3 is 12.2 Å². The molecule has 0 unspecified atom stereocenters. The SMILES string of the molecule is CNc1c(Cl)cc(C[C@@H](CC(=O)N2CCC(N3Cc4ccsc4NC3=O)CC2)C(=O)N2CCC(N3CCCN(C)CC3)CC2)cc1C(F)(F)F. The van der Waals surface area contributed by atoms with Crippen LogP contribution in [0.5, 0.6) is 0 Å². The highest BCUT2D eigenvalue weighted by atomic mass is 35.5. The molecule has 2 N–H and O–H groups in total. The van der Waals surface area contributed by atoms with Crippen LogP contribution >= 0.6 is 22.9 Å². The Kier molecular flexibility index (Phi) is 11.5. The number of likely N-dealkylation sites (N-methyl/N-ethyl adjacent to an activating group) is 1. The topological polar surface area (TPSA) is 91.5 Å². The van der Waals surface area contributed by atoms with E-state index in [0.29, 0.717) is 51.6 Å². The molecule has 5 heterocycles. The summed E-state index contributed by atoms with van der Waals surface area (Å²) >= 11 is 7.83. The lowest BCUT2D eigenvalue weighted by molar-refractivity contribution is -0.143. The van der Waals surface area contributed by atoms with Crippen LogP contribution in [0.3, 0.4) is 0 Å². The summed E-state index contributed by atoms with van der Waals surface area (Å²) in [5, 5.41) is 8.25. The molecule has 1 atom stereocenters. The average molecular weight is 738 g/mol. The van der Waals surface area contributed by atoms with Gasteiger partial charge in [-0.25, -0.2) is 4.79 Å². The quantitative estimate of drug-likeness (QED) is 0.363. The van der Waals surface area contributed by atoms with Crippen molar-refractivity contribution in [1.82, 2.24) is 24.5 Å². The zero-order valence-electron chi connectivity index (χ0n) is 28.7. The molecule has 0 bridgehead atoms. The summed E-state index contributed by atoms with van der Waals surface area (Å²) in [7, 11) is 3.52. The number of urea groups is 1. The highest BCUT2D eigenvalue weighted by Gasteiger charge is 2.38. The number of halogens is 4. The van der Waals surface area contributed by atoms with Crippen molar-refractivity contribution < 1.29 is 27.6 Å². The van der Waals surface area contributed by atoms with Gasteiger partial charge in [0.25, 0.3) is 0 Å². The Bertz CT molecular complexity index is 1540. The maximum absolute atomic E-state index is 14.2. The third-order valence-electron chi connectivity index (χ3n) is 10.8. The van der Waals surface area contributed by atoms with Gasteiger partial charge in [-0.05, 0) is 87.8 Å². The lowest BCUT2D eigenvalue weighted by atomic mass is 9.91. The number of piperidine rings is 2. The van der Waals surface area contributed by atoms with Gasteiger partial charge in [-0.3, -0.25) is 19.8 Å². The van der Waals surface area contributed by atoms with E-state index >= 15 is 0 Å². The largest absolute Gasteiger partial charge is 0.418 e. The number of hydrogen-bond donors (Lipinski definition) is 2. The summed E-state index contributed by atoms with van der Waals surface area (Å²) in [4.78, 5) is 51.0. The predicted octanol–water partition coefficient (Wildman–Crippen LogP) is 5.68. The fourth-order valence-electron chi connectivity index (χ4n) is 7.99. The molecular weight excluding hydrogens is 691 g/mol. The number of hydrogen-bond acceptors (Lipinski definition) is 7. The van der Waals surface area contributed by atoms with E-state index in [0.717, 1.165) is 62.1 Å². The zero-order chi connectivity index (χ0) is 35.6. The van der Waals surface area contributed by atoms with Crippen molar-refractivity contribution in [3.05, 3.63) is 45.3 Å². The van der Waals surface area contributed by atoms with Crippen LogP contribution in [0.4, 0.5) is 28.7 Å². The first kappa shape index (κ1) is 36.7. The lowest BCUT2D eigenvalue weighted by Crippen LogP contribution is -2.51. The summed E-state index contributed by atoms with van der Waals surface area (Å²) < 4.78 is 42.1. The molecule has 2 aromatic rings. The molecule has 4 aliphatic heterocycles. The van der Waals surface area contributed by atoms with Gasteiger partial charge < -0.3 is 24.9 Å². The first-order valence-corrected chi connectivity index (χ1v) is 18.9. The lowest BCUT2D eigenvalue weighted by Gasteiger charge is -2.41. The van der Waals surface area contributed by atoms with Crippen LogP contribution in [0, 0.1) is 5.92 Å². The normalized spacial score (nSPS) is 21.1. The summed E-state index contributed by atoms with van der Waals surface area (Å²) in [6.07, 6.45) is -0.853. The summed E-state index contributed by atoms with van der Waals surface area (Å²) in [5.41, 5.74) is 0.221. The van der Waals surface area contributed by atoms with Crippen LogP contribution in [0.2, 0.25) is 5.02 Å². The molecular formula is C35H47ClF3N7O3S. The number of nitrogens with one attached hydrogen (secondary N) is 2. The minimum absolute atomic E-state index is 0.0240. The fourth-order valence-corrected chi connectivity index (χ4v) is 9.12. The summed E-state index contributed by atoms with van der Waals surface area (Å²) in [6, 6.07) is 4.73. The number of amides is 4. The number of carbonyl (C=O) groups is 3. The Balaban J connectivity index is 1.14. The molecule has 1 aromatic carbocycles. The van der Waals surface area contributed by atoms with Gasteiger partial charge in [0, 0.05) is 70.4 Å². The third-order valence-corrected chi connectivity index (χ3v) is 12.0. The average Bonchev–Trinajstić information content (AvgIpc) is 3.44. The number of anilines is 2. The minimum atomic E-state index is -4.65. The molecule has 6 rings (SSSR count). The van der Waals surface area contributed by atoms with Gasteiger partial charge in [0.2, 0.25) is 11.8 Å². The minimum Gasteiger partial charge on any atom is -0.386 e. The van der Waals surface area contributed by atoms with E-state index < -0.39 is 17.7 Å². The van der Waals surface area contributed by atoms with Crippen molar-refractivity contribution in [1.29, 1.82) is 0 Å². The number of nitrogens with zero attached hydrogens (tertiary/aromatic N) is 5. The van der Waals surface area contributed by atoms with Gasteiger partial charge in [0.05, 0.1) is 28.7 Å². The number of fused-ring (bicyclic) bond motifs is 1. The summed E-state index contributed by atoms with van der Waals surface area (Å²) in [6.45, 7) is 6.58. The zero-order valence-corrected chi connectivity index (χ0v) is 30.3. The molecule has 0 radical (unpaired) electrons. The Morgan fingerprint density at radius 1 is 1.00 bits per heavy atom. The van der Waals surface area contributed by atoms with Crippen molar-refractivity contribution in [2.75, 3.05) is 77.1 Å². The van der Waals surface area contributed by atoms with Crippen molar-refractivity contribution >= 4 is 51.5 Å². The number of thiophene rings is 1. The van der Waals surface area contributed by atoms with Gasteiger partial charge in [0.15, 0.2) is 0 Å². The van der Waals surface area contributed by atoms with Crippen LogP contribution in [-0.4, -0.2) is 121 Å². The van der Waals surface area contributed by atoms with Crippen molar-refractivity contribution in [3.63, 3.8) is 0 Å². The first-order valence-electron chi connectivity index (χ1n) is 17.6. The Morgan fingerprint density at radius 3 is 2.40 bits per heavy atom. The van der Waals surface area contributed by atoms with Crippen molar-refractivity contribution in [2.24, 2.45) is 5.92 Å². The van der Waals surface area contributed by atoms with E-state index in [-0.39, 0.29) is 53.0 Å². The number of rotatable bonds is 8. The molecule has 10 nitrogen and oxygen atoms in total. The molecule has 3 fully saturated rings. The first-order chi connectivity index (χ1) is 23.9. The second kappa shape index (κ2) is 15.7. The number of benzene rings is 1. The van der Waals surface area contributed by atoms with Crippen molar-refractivity contribution in [2.45, 2.75) is 69.8 Å². The Hall–Kier alpha value is -3.07. The van der Waals surface area contributed by atoms with Crippen LogP contribution in [-0.2, 0) is 28.7 Å². The smallest absolute Gasteiger partial charge is 0.386 e. The van der Waals surface area contributed by atoms with E-state index in [1.165, 1.54) is 24.5 Å². The summed E-state index contributed by atoms with van der Waals surface area (Å²) in [5.74, 6) is -1.25. The maximum atomic E-state index is 14.2. The second-order valence-corrected chi connectivity index (χ2v) is 15.4. The van der Waals surface area contributed by atoms with Crippen LogP contribution in [0.1, 0.15) is 55.2 Å². The third kappa shape index (κ3) is 8.35. The van der Waals surface area contributed by atoms with E-state index in [2.05, 4.69) is 27.5 Å². The second-order valence-electron chi connectivity index (χ2n) is 14.0. The molecule has 15 heteroatoms. The highest BCUT2D eigenvalue weighted by Crippen LogP contribution is 2.40. The van der Waals surface area contributed by atoms with Crippen LogP contribution in [0.25, 0.3) is 0 Å². The van der Waals surface area contributed by atoms with Crippen LogP contribution < -0.4 is 10.6 Å². The van der Waals surface area contributed by atoms with Crippen molar-refractivity contribution in [3.8, 4) is 0 Å². The predicted molar refractivity (Wildman–Crippen MR) is 190 cm³/mol. The van der Waals surface area contributed by atoms with Gasteiger partial charge in [-0.2, -0.15) is 13.2 Å². The molecule has 4 aliphatic rings. The van der Waals surface area contributed by atoms with E-state index in [1.54, 1.807) is 9.80 Å². The fraction of sp³-hybridized carbons (Fsp3) is 0.629. The number of carbonyl (C=O) groups excluding carboxylic acids is 3. The van der Waals surface area contributed by atoms with E-state index in [9.17, 15) is 27.6 Å². The van der Waals surface area contributed by atoms with Gasteiger partial charge in [0.1, 0.15) is 5.00 Å². The number of likely N-dealkylation sites (tertiary alicyclic amines) is 2. The van der Waals surface area contributed by atoms with Gasteiger partial charge in [-0.1, -0.05) is 11.6 Å². The molecule has 1 aromatic heterocycles. The molecule has 3 saturated heterocycles. The number of alkyl halides is 3. The standard InChI is InChI=1S/C35H47ClF3N7O3S/c1-40-31-28(35(37,38)39)19-23(20-29(31)36)18-25(33(48)45-13-4-26(5-14-45)43-10-3-9-42(2)15-16-43)21-30(47)44-11-6-27(7-12-44)46-22-24-8-17-50-32(24)41-34(46)49/h8,17,19-20,25-27,40H,3-7,9-16,18,21-22H2,1-2H3,(H,41,49)/t25-/m0/s1. The monoisotopic (exact) mass is 737 g/mol. The highest BCUT2D eigenvalue weighted by molar-refractivity contribution is 7.14. The Morgan fingerprint density at radius 2 is 1.70 bits per heavy atom. The van der Waals surface area contributed by atoms with Crippen LogP contribution in [0.15, 0.2) is 23.6 Å². The molecule has 0 saturated carbocycles. The molecule has 0 aliphatic carbocycles. The van der Waals surface area contributed by atoms with Gasteiger partial charge in [-0.15, -0.1) is 11.3 Å². The molecule has 274 valence electrons. The molecule has 0 spiro atoms. The van der Waals surface area contributed by atoms with E-state index in [4.69, 9.17) is 11.6 Å². The molecule has 50 heavy (non-hydrogen) atoms.